The van der Waals surface area contributed by atoms with Gasteiger partial charge < -0.3 is 11.5 Å². The van der Waals surface area contributed by atoms with Crippen LogP contribution in [0.1, 0.15) is 0 Å². The van der Waals surface area contributed by atoms with Crippen LogP contribution in [0.2, 0.25) is 0 Å². The molecule has 0 amide bonds. The molecular formula is C2H4Cl2N6. The van der Waals surface area contributed by atoms with Crippen LogP contribution in [-0.4, -0.2) is 11.9 Å². The van der Waals surface area contributed by atoms with Crippen molar-refractivity contribution in [1.29, 1.82) is 0 Å². The highest BCUT2D eigenvalue weighted by Crippen LogP contribution is 1.82. The minimum atomic E-state index is -0.218. The summed E-state index contributed by atoms with van der Waals surface area (Å²) in [5, 5.41) is 6.39. The number of nitrogens with zero attached hydrogens (tertiary/aromatic N) is 4. The minimum absolute atomic E-state index is 0.218. The summed E-state index contributed by atoms with van der Waals surface area (Å²) in [6.45, 7) is 0. The number of halogens is 2. The third kappa shape index (κ3) is 4.04. The van der Waals surface area contributed by atoms with Crippen molar-refractivity contribution in [1.82, 2.24) is 0 Å². The third-order valence-corrected chi connectivity index (χ3v) is 0.774. The molecular weight excluding hydrogens is 179 g/mol. The zero-order valence-corrected chi connectivity index (χ0v) is 6.21. The fourth-order valence-corrected chi connectivity index (χ4v) is 0.204. The van der Waals surface area contributed by atoms with E-state index in [-0.39, 0.29) is 11.9 Å². The molecule has 8 heteroatoms. The van der Waals surface area contributed by atoms with Crippen LogP contribution in [0, 0.1) is 0 Å². The molecule has 10 heavy (non-hydrogen) atoms. The topological polar surface area (TPSA) is 101 Å². The highest BCUT2D eigenvalue weighted by atomic mass is 35.5. The van der Waals surface area contributed by atoms with Gasteiger partial charge in [-0.25, -0.2) is 0 Å². The van der Waals surface area contributed by atoms with Gasteiger partial charge >= 0.3 is 0 Å². The molecule has 56 valence electrons. The van der Waals surface area contributed by atoms with Crippen LogP contribution in [0.5, 0.6) is 0 Å². The predicted molar refractivity (Wildman–Crippen MR) is 39.8 cm³/mol. The molecule has 0 rings (SSSR count). The van der Waals surface area contributed by atoms with Gasteiger partial charge in [-0.05, 0) is 0 Å². The summed E-state index contributed by atoms with van der Waals surface area (Å²) in [5.74, 6) is -0.435. The van der Waals surface area contributed by atoms with Crippen molar-refractivity contribution in [2.24, 2.45) is 30.7 Å². The Balaban J connectivity index is 4.01. The van der Waals surface area contributed by atoms with Crippen LogP contribution >= 0.6 is 23.6 Å². The summed E-state index contributed by atoms with van der Waals surface area (Å²) < 4.78 is 5.89. The van der Waals surface area contributed by atoms with Gasteiger partial charge in [0.15, 0.2) is 0 Å². The Morgan fingerprint density at radius 1 is 0.900 bits per heavy atom. The van der Waals surface area contributed by atoms with Crippen LogP contribution < -0.4 is 11.5 Å². The first-order chi connectivity index (χ1) is 4.70. The minimum Gasteiger partial charge on any atom is -0.366 e. The normalized spacial score (nSPS) is 14.6. The van der Waals surface area contributed by atoms with Crippen LogP contribution in [-0.2, 0) is 0 Å². The standard InChI is InChI=1S/C2H4Cl2N6/c3-7-1(5)9-10-2(6)8-4/h(H2,5,7)(H2,6,8)/b10-9-. The fraction of sp³-hybridized carbons (Fsp3) is 0. The van der Waals surface area contributed by atoms with Crippen molar-refractivity contribution in [2.75, 3.05) is 0 Å². The van der Waals surface area contributed by atoms with Gasteiger partial charge in [-0.1, -0.05) is 0 Å². The molecule has 0 bridgehead atoms. The lowest BCUT2D eigenvalue weighted by Crippen LogP contribution is -2.10. The van der Waals surface area contributed by atoms with Crippen molar-refractivity contribution in [3.05, 3.63) is 0 Å². The van der Waals surface area contributed by atoms with E-state index in [1.54, 1.807) is 0 Å². The van der Waals surface area contributed by atoms with Gasteiger partial charge in [0.05, 0.1) is 0 Å². The maximum atomic E-state index is 4.98. The molecule has 0 atom stereocenters. The first kappa shape index (κ1) is 9.12. The Hall–Kier alpha value is -0.880. The summed E-state index contributed by atoms with van der Waals surface area (Å²) in [4.78, 5) is 0. The van der Waals surface area contributed by atoms with Gasteiger partial charge in [0, 0.05) is 23.6 Å². The van der Waals surface area contributed by atoms with E-state index in [1.165, 1.54) is 0 Å². The Kier molecular flexibility index (Phi) is 4.51. The Morgan fingerprint density at radius 3 is 1.40 bits per heavy atom. The molecule has 0 saturated carbocycles. The van der Waals surface area contributed by atoms with E-state index in [1.807, 2.05) is 0 Å². The molecule has 0 aliphatic rings. The zero-order chi connectivity index (χ0) is 7.98. The van der Waals surface area contributed by atoms with E-state index >= 15 is 0 Å². The van der Waals surface area contributed by atoms with Crippen LogP contribution in [0.25, 0.3) is 0 Å². The maximum Gasteiger partial charge on any atom is 0.252 e. The van der Waals surface area contributed by atoms with Gasteiger partial charge in [0.2, 0.25) is 0 Å². The second-order valence-corrected chi connectivity index (χ2v) is 1.42. The maximum absolute atomic E-state index is 4.98. The number of hydrogen-bond donors (Lipinski definition) is 2. The first-order valence-corrected chi connectivity index (χ1v) is 2.69. The van der Waals surface area contributed by atoms with E-state index in [9.17, 15) is 0 Å². The van der Waals surface area contributed by atoms with Crippen molar-refractivity contribution in [3.63, 3.8) is 0 Å². The average Bonchev–Trinajstić information content (AvgIpc) is 1.99. The third-order valence-electron chi connectivity index (χ3n) is 0.428. The lowest BCUT2D eigenvalue weighted by Gasteiger charge is -1.84. The van der Waals surface area contributed by atoms with E-state index in [4.69, 9.17) is 35.0 Å². The average molecular weight is 183 g/mol. The number of guanidine groups is 2. The Bertz CT molecular complexity index is 162. The first-order valence-electron chi connectivity index (χ1n) is 2.01. The van der Waals surface area contributed by atoms with Crippen molar-refractivity contribution < 1.29 is 0 Å². The van der Waals surface area contributed by atoms with Crippen LogP contribution in [0.4, 0.5) is 0 Å². The summed E-state index contributed by atoms with van der Waals surface area (Å²) in [5.41, 5.74) is 9.96. The van der Waals surface area contributed by atoms with Crippen molar-refractivity contribution in [2.45, 2.75) is 0 Å². The Labute approximate surface area is 66.9 Å². The molecule has 0 aromatic heterocycles. The SMILES string of the molecule is NC(/N=N\C(N)=N\Cl)=N\Cl. The molecule has 0 aromatic carbocycles. The van der Waals surface area contributed by atoms with Gasteiger partial charge in [-0.15, -0.1) is 19.3 Å². The van der Waals surface area contributed by atoms with E-state index < -0.39 is 0 Å². The molecule has 0 spiro atoms. The monoisotopic (exact) mass is 182 g/mol. The molecule has 0 aliphatic heterocycles. The summed E-state index contributed by atoms with van der Waals surface area (Å²) in [6.07, 6.45) is 0. The predicted octanol–water partition coefficient (Wildman–Crippen LogP) is 0.376. The summed E-state index contributed by atoms with van der Waals surface area (Å²) >= 11 is 9.75. The number of hydrogen-bond acceptors (Lipinski definition) is 2. The molecule has 0 unspecified atom stereocenters. The highest BCUT2D eigenvalue weighted by Gasteiger charge is 1.86. The van der Waals surface area contributed by atoms with Crippen LogP contribution in [0.3, 0.4) is 0 Å². The molecule has 0 aliphatic carbocycles. The largest absolute Gasteiger partial charge is 0.366 e. The van der Waals surface area contributed by atoms with Gasteiger partial charge in [-0.3, -0.25) is 0 Å². The summed E-state index contributed by atoms with van der Waals surface area (Å²) in [6, 6.07) is 0. The van der Waals surface area contributed by atoms with Gasteiger partial charge in [-0.2, -0.15) is 0 Å². The molecule has 0 fully saturated rings. The van der Waals surface area contributed by atoms with Crippen molar-refractivity contribution >= 4 is 35.5 Å². The molecule has 0 saturated heterocycles. The van der Waals surface area contributed by atoms with Crippen molar-refractivity contribution in [3.8, 4) is 0 Å². The quantitative estimate of drug-likeness (QED) is 0.322. The molecule has 0 radical (unpaired) electrons. The fourth-order valence-electron chi connectivity index (χ4n) is 0.136. The van der Waals surface area contributed by atoms with Gasteiger partial charge in [0.25, 0.3) is 11.9 Å². The van der Waals surface area contributed by atoms with E-state index in [0.29, 0.717) is 0 Å². The molecule has 0 heterocycles. The highest BCUT2D eigenvalue weighted by molar-refractivity contribution is 6.20. The number of rotatable bonds is 0. The number of azo groups is 1. The lowest BCUT2D eigenvalue weighted by atomic mass is 11.1. The van der Waals surface area contributed by atoms with Crippen LogP contribution in [0.15, 0.2) is 19.3 Å². The molecule has 6 nitrogen and oxygen atoms in total. The van der Waals surface area contributed by atoms with Gasteiger partial charge in [0.1, 0.15) is 0 Å². The van der Waals surface area contributed by atoms with E-state index in [0.717, 1.165) is 0 Å². The Morgan fingerprint density at radius 2 is 1.20 bits per heavy atom. The number of nitrogens with two attached hydrogens (primary N) is 2. The van der Waals surface area contributed by atoms with E-state index in [2.05, 4.69) is 19.3 Å². The zero-order valence-electron chi connectivity index (χ0n) is 4.70. The molecule has 0 aromatic rings. The smallest absolute Gasteiger partial charge is 0.252 e. The second-order valence-electron chi connectivity index (χ2n) is 1.09. The second kappa shape index (κ2) is 4.95. The summed E-state index contributed by atoms with van der Waals surface area (Å²) in [7, 11) is 0. The lowest BCUT2D eigenvalue weighted by molar-refractivity contribution is 1.27. The molecule has 4 N–H and O–H groups in total.